The Kier molecular flexibility index (Phi) is 2.22. The van der Waals surface area contributed by atoms with Crippen LogP contribution in [0.1, 0.15) is 25.7 Å². The second-order valence-electron chi connectivity index (χ2n) is 4.00. The highest BCUT2D eigenvalue weighted by Gasteiger charge is 2.39. The van der Waals surface area contributed by atoms with E-state index in [4.69, 9.17) is 12.2 Å². The molecule has 0 aromatic carbocycles. The first-order valence-corrected chi connectivity index (χ1v) is 5.18. The van der Waals surface area contributed by atoms with Crippen molar-refractivity contribution in [2.75, 3.05) is 7.05 Å². The van der Waals surface area contributed by atoms with Crippen LogP contribution >= 0.6 is 12.2 Å². The molecule has 2 nitrogen and oxygen atoms in total. The van der Waals surface area contributed by atoms with Crippen molar-refractivity contribution in [3.8, 4) is 0 Å². The van der Waals surface area contributed by atoms with Gasteiger partial charge in [0.05, 0.1) is 0 Å². The van der Waals surface area contributed by atoms with Crippen molar-refractivity contribution in [3.05, 3.63) is 0 Å². The lowest BCUT2D eigenvalue weighted by molar-refractivity contribution is 0.390. The highest BCUT2D eigenvalue weighted by molar-refractivity contribution is 7.80. The van der Waals surface area contributed by atoms with Gasteiger partial charge in [0.2, 0.25) is 0 Å². The first-order valence-electron chi connectivity index (χ1n) is 4.78. The van der Waals surface area contributed by atoms with Crippen molar-refractivity contribution >= 4 is 17.3 Å². The average molecular weight is 184 g/mol. The van der Waals surface area contributed by atoms with Crippen molar-refractivity contribution in [1.29, 1.82) is 0 Å². The molecule has 0 saturated heterocycles. The minimum Gasteiger partial charge on any atom is -0.366 e. The summed E-state index contributed by atoms with van der Waals surface area (Å²) >= 11 is 5.09. The van der Waals surface area contributed by atoms with Crippen LogP contribution in [0, 0.1) is 11.8 Å². The van der Waals surface area contributed by atoms with Crippen molar-refractivity contribution in [1.82, 2.24) is 10.6 Å². The van der Waals surface area contributed by atoms with Crippen LogP contribution in [-0.4, -0.2) is 18.2 Å². The Bertz CT molecular complexity index is 193. The molecule has 0 heterocycles. The van der Waals surface area contributed by atoms with Crippen LogP contribution in [0.15, 0.2) is 0 Å². The molecule has 12 heavy (non-hydrogen) atoms. The topological polar surface area (TPSA) is 24.1 Å². The van der Waals surface area contributed by atoms with Gasteiger partial charge in [-0.25, -0.2) is 0 Å². The molecule has 2 rings (SSSR count). The molecule has 2 N–H and O–H groups in total. The van der Waals surface area contributed by atoms with E-state index in [2.05, 4.69) is 10.6 Å². The monoisotopic (exact) mass is 184 g/mol. The van der Waals surface area contributed by atoms with E-state index in [0.717, 1.165) is 16.9 Å². The molecule has 0 aliphatic heterocycles. The van der Waals surface area contributed by atoms with Crippen LogP contribution in [0.2, 0.25) is 0 Å². The Morgan fingerprint density at radius 2 is 2.17 bits per heavy atom. The molecule has 0 unspecified atom stereocenters. The van der Waals surface area contributed by atoms with E-state index in [1.165, 1.54) is 25.7 Å². The van der Waals surface area contributed by atoms with E-state index in [0.29, 0.717) is 6.04 Å². The predicted molar refractivity (Wildman–Crippen MR) is 54.0 cm³/mol. The fourth-order valence-electron chi connectivity index (χ4n) is 2.66. The SMILES string of the molecule is CNC(=S)N[C@H]1C[C@H]2CC[C@@H]1C2. The van der Waals surface area contributed by atoms with Crippen molar-refractivity contribution in [3.63, 3.8) is 0 Å². The zero-order valence-corrected chi connectivity index (χ0v) is 8.29. The molecule has 2 aliphatic carbocycles. The maximum Gasteiger partial charge on any atom is 0.166 e. The number of hydrogen-bond donors (Lipinski definition) is 2. The molecule has 2 bridgehead atoms. The number of nitrogens with one attached hydrogen (secondary N) is 2. The molecule has 2 saturated carbocycles. The number of fused-ring (bicyclic) bond motifs is 2. The average Bonchev–Trinajstić information content (AvgIpc) is 2.64. The van der Waals surface area contributed by atoms with Gasteiger partial charge in [0.15, 0.2) is 5.11 Å². The van der Waals surface area contributed by atoms with Gasteiger partial charge in [0.1, 0.15) is 0 Å². The lowest BCUT2D eigenvalue weighted by Gasteiger charge is -2.23. The molecule has 0 aromatic rings. The third kappa shape index (κ3) is 1.42. The van der Waals surface area contributed by atoms with E-state index >= 15 is 0 Å². The molecule has 0 radical (unpaired) electrons. The van der Waals surface area contributed by atoms with E-state index in [1.807, 2.05) is 7.05 Å². The maximum absolute atomic E-state index is 5.09. The minimum absolute atomic E-state index is 0.670. The fraction of sp³-hybridized carbons (Fsp3) is 0.889. The summed E-state index contributed by atoms with van der Waals surface area (Å²) < 4.78 is 0. The van der Waals surface area contributed by atoms with Crippen LogP contribution in [0.3, 0.4) is 0 Å². The van der Waals surface area contributed by atoms with Gasteiger partial charge in [0.25, 0.3) is 0 Å². The standard InChI is InChI=1S/C9H16N2S/c1-10-9(12)11-8-5-6-2-3-7(8)4-6/h6-8H,2-5H2,1H3,(H2,10,11,12)/t6-,7+,8-/m0/s1. The molecule has 2 fully saturated rings. The summed E-state index contributed by atoms with van der Waals surface area (Å²) in [6.07, 6.45) is 5.64. The molecule has 68 valence electrons. The molecule has 0 spiro atoms. The lowest BCUT2D eigenvalue weighted by atomic mass is 9.96. The fourth-order valence-corrected chi connectivity index (χ4v) is 2.81. The van der Waals surface area contributed by atoms with E-state index in [9.17, 15) is 0 Å². The van der Waals surface area contributed by atoms with Gasteiger partial charge in [-0.1, -0.05) is 6.42 Å². The summed E-state index contributed by atoms with van der Waals surface area (Å²) in [6, 6.07) is 0.670. The highest BCUT2D eigenvalue weighted by atomic mass is 32.1. The van der Waals surface area contributed by atoms with E-state index in [1.54, 1.807) is 0 Å². The van der Waals surface area contributed by atoms with Crippen molar-refractivity contribution < 1.29 is 0 Å². The van der Waals surface area contributed by atoms with Gasteiger partial charge in [-0.15, -0.1) is 0 Å². The van der Waals surface area contributed by atoms with Gasteiger partial charge < -0.3 is 10.6 Å². The molecule has 0 aromatic heterocycles. The summed E-state index contributed by atoms with van der Waals surface area (Å²) in [5, 5.41) is 7.16. The summed E-state index contributed by atoms with van der Waals surface area (Å²) in [7, 11) is 1.88. The molecule has 3 atom stereocenters. The van der Waals surface area contributed by atoms with Crippen LogP contribution in [-0.2, 0) is 0 Å². The first-order chi connectivity index (χ1) is 5.79. The smallest absolute Gasteiger partial charge is 0.166 e. The maximum atomic E-state index is 5.09. The molecular weight excluding hydrogens is 168 g/mol. The Labute approximate surface area is 79.1 Å². The third-order valence-corrected chi connectivity index (χ3v) is 3.60. The zero-order valence-electron chi connectivity index (χ0n) is 7.47. The van der Waals surface area contributed by atoms with Gasteiger partial charge in [0, 0.05) is 13.1 Å². The molecule has 0 amide bonds. The third-order valence-electron chi connectivity index (χ3n) is 3.28. The Morgan fingerprint density at radius 3 is 2.67 bits per heavy atom. The summed E-state index contributed by atoms with van der Waals surface area (Å²) in [5.41, 5.74) is 0. The second kappa shape index (κ2) is 3.21. The summed E-state index contributed by atoms with van der Waals surface area (Å²) in [6.45, 7) is 0. The quantitative estimate of drug-likeness (QED) is 0.600. The predicted octanol–water partition coefficient (Wildman–Crippen LogP) is 1.27. The first kappa shape index (κ1) is 8.30. The second-order valence-corrected chi connectivity index (χ2v) is 4.41. The van der Waals surface area contributed by atoms with E-state index in [-0.39, 0.29) is 0 Å². The number of thiocarbonyl (C=S) groups is 1. The van der Waals surface area contributed by atoms with Crippen molar-refractivity contribution in [2.45, 2.75) is 31.7 Å². The van der Waals surface area contributed by atoms with Crippen LogP contribution in [0.25, 0.3) is 0 Å². The Morgan fingerprint density at radius 1 is 1.33 bits per heavy atom. The van der Waals surface area contributed by atoms with Gasteiger partial charge in [-0.05, 0) is 43.3 Å². The Hall–Kier alpha value is -0.310. The normalized spacial score (nSPS) is 38.2. The van der Waals surface area contributed by atoms with E-state index < -0.39 is 0 Å². The van der Waals surface area contributed by atoms with Gasteiger partial charge >= 0.3 is 0 Å². The zero-order chi connectivity index (χ0) is 8.55. The lowest BCUT2D eigenvalue weighted by Crippen LogP contribution is -2.42. The van der Waals surface area contributed by atoms with Crippen LogP contribution < -0.4 is 10.6 Å². The van der Waals surface area contributed by atoms with Crippen molar-refractivity contribution in [2.24, 2.45) is 11.8 Å². The largest absolute Gasteiger partial charge is 0.366 e. The van der Waals surface area contributed by atoms with Crippen LogP contribution in [0.5, 0.6) is 0 Å². The molecular formula is C9H16N2S. The van der Waals surface area contributed by atoms with Gasteiger partial charge in [-0.2, -0.15) is 0 Å². The molecule has 3 heteroatoms. The van der Waals surface area contributed by atoms with Crippen LogP contribution in [0.4, 0.5) is 0 Å². The highest BCUT2D eigenvalue weighted by Crippen LogP contribution is 2.44. The molecule has 2 aliphatic rings. The Balaban J connectivity index is 1.86. The van der Waals surface area contributed by atoms with Gasteiger partial charge in [-0.3, -0.25) is 0 Å². The number of rotatable bonds is 1. The number of hydrogen-bond acceptors (Lipinski definition) is 1. The summed E-state index contributed by atoms with van der Waals surface area (Å²) in [4.78, 5) is 0. The minimum atomic E-state index is 0.670. The summed E-state index contributed by atoms with van der Waals surface area (Å²) in [5.74, 6) is 1.90.